The Bertz CT molecular complexity index is 1450. The summed E-state index contributed by atoms with van der Waals surface area (Å²) >= 11 is 6.79. The minimum Gasteiger partial charge on any atom is -0.338 e. The number of anilines is 2. The van der Waals surface area contributed by atoms with Crippen LogP contribution in [-0.4, -0.2) is 47.4 Å². The van der Waals surface area contributed by atoms with Gasteiger partial charge in [0.2, 0.25) is 5.91 Å². The number of fused-ring (bicyclic) bond motifs is 1. The van der Waals surface area contributed by atoms with E-state index in [1.54, 1.807) is 35.6 Å². The molecular weight excluding hydrogens is 546 g/mol. The van der Waals surface area contributed by atoms with Gasteiger partial charge in [-0.1, -0.05) is 55.8 Å². The molecule has 1 aliphatic heterocycles. The largest absolute Gasteiger partial charge is 0.338 e. The molecule has 1 aliphatic rings. The number of para-hydroxylation sites is 1. The fraction of sp³-hybridized carbons (Fsp3) is 0.296. The summed E-state index contributed by atoms with van der Waals surface area (Å²) in [7, 11) is -5.79. The van der Waals surface area contributed by atoms with Crippen molar-refractivity contribution in [3.63, 3.8) is 0 Å². The summed E-state index contributed by atoms with van der Waals surface area (Å²) in [5.74, 6) is -0.378. The lowest BCUT2D eigenvalue weighted by molar-refractivity contribution is -0.117. The molecule has 0 fully saturated rings. The molecule has 1 atom stereocenters. The van der Waals surface area contributed by atoms with E-state index in [0.29, 0.717) is 39.2 Å². The zero-order valence-corrected chi connectivity index (χ0v) is 24.0. The molecule has 0 saturated carbocycles. The van der Waals surface area contributed by atoms with Gasteiger partial charge in [-0.3, -0.25) is 13.9 Å². The first kappa shape index (κ1) is 28.4. The average Bonchev–Trinajstić information content (AvgIpc) is 2.92. The van der Waals surface area contributed by atoms with Gasteiger partial charge < -0.3 is 4.90 Å². The molecule has 1 heterocycles. The van der Waals surface area contributed by atoms with Crippen LogP contribution in [0.4, 0.5) is 11.4 Å². The summed E-state index contributed by atoms with van der Waals surface area (Å²) < 4.78 is 52.1. The van der Waals surface area contributed by atoms with Gasteiger partial charge >= 0.3 is 0 Å². The Balaban J connectivity index is 1.91. The van der Waals surface area contributed by atoms with Crippen molar-refractivity contribution < 1.29 is 22.3 Å². The van der Waals surface area contributed by atoms with E-state index < -0.39 is 26.7 Å². The number of halogens is 1. The van der Waals surface area contributed by atoms with Crippen LogP contribution in [0.5, 0.6) is 0 Å². The van der Waals surface area contributed by atoms with Crippen molar-refractivity contribution in [3.05, 3.63) is 71.8 Å². The third-order valence-electron chi connectivity index (χ3n) is 6.49. The highest BCUT2D eigenvalue weighted by Crippen LogP contribution is 2.60. The van der Waals surface area contributed by atoms with Crippen LogP contribution in [0.3, 0.4) is 0 Å². The normalized spacial score (nSPS) is 18.5. The molecule has 1 unspecified atom stereocenters. The Hall–Kier alpha value is -2.60. The van der Waals surface area contributed by atoms with Gasteiger partial charge in [0.15, 0.2) is 0 Å². The Morgan fingerprint density at radius 3 is 2.42 bits per heavy atom. The Morgan fingerprint density at radius 2 is 1.79 bits per heavy atom. The van der Waals surface area contributed by atoms with Crippen molar-refractivity contribution in [3.8, 4) is 11.1 Å². The molecule has 0 aromatic heterocycles. The second-order valence-electron chi connectivity index (χ2n) is 9.78. The minimum absolute atomic E-state index is 0.108. The highest BCUT2D eigenvalue weighted by molar-refractivity contribution is 8.22. The summed E-state index contributed by atoms with van der Waals surface area (Å²) in [6.07, 6.45) is 0.743. The molecule has 1 amide bonds. The lowest BCUT2D eigenvalue weighted by atomic mass is 10.0. The van der Waals surface area contributed by atoms with Crippen LogP contribution in [0.2, 0.25) is 5.02 Å². The van der Waals surface area contributed by atoms with Gasteiger partial charge in [0, 0.05) is 37.8 Å². The fourth-order valence-electron chi connectivity index (χ4n) is 4.68. The first-order valence-electron chi connectivity index (χ1n) is 12.1. The van der Waals surface area contributed by atoms with E-state index in [1.807, 2.05) is 40.0 Å². The van der Waals surface area contributed by atoms with Crippen LogP contribution < -0.4 is 9.62 Å². The average molecular weight is 578 g/mol. The molecule has 38 heavy (non-hydrogen) atoms. The van der Waals surface area contributed by atoms with Crippen LogP contribution in [0.25, 0.3) is 11.1 Å². The second-order valence-corrected chi connectivity index (χ2v) is 13.9. The summed E-state index contributed by atoms with van der Waals surface area (Å²) in [6.45, 7) is 5.84. The van der Waals surface area contributed by atoms with Gasteiger partial charge in [-0.05, 0) is 54.3 Å². The number of hydrogen-bond donors (Lipinski definition) is 3. The summed E-state index contributed by atoms with van der Waals surface area (Å²) in [5, 5.41) is 0.318. The van der Waals surface area contributed by atoms with E-state index in [0.717, 1.165) is 19.0 Å². The first-order chi connectivity index (χ1) is 17.8. The van der Waals surface area contributed by atoms with Crippen molar-refractivity contribution in [2.24, 2.45) is 5.92 Å². The molecule has 0 spiro atoms. The van der Waals surface area contributed by atoms with Crippen LogP contribution in [0.15, 0.2) is 76.5 Å². The Labute approximate surface area is 230 Å². The highest BCUT2D eigenvalue weighted by Gasteiger charge is 2.38. The first-order valence-corrected chi connectivity index (χ1v) is 15.5. The highest BCUT2D eigenvalue weighted by atomic mass is 35.5. The molecular formula is C27H32ClN3O5S2. The third-order valence-corrected chi connectivity index (χ3v) is 10.3. The van der Waals surface area contributed by atoms with Crippen LogP contribution in [-0.2, 0) is 14.8 Å². The molecule has 11 heteroatoms. The number of hydrogen-bond acceptors (Lipinski definition) is 7. The maximum absolute atomic E-state index is 12.6. The van der Waals surface area contributed by atoms with E-state index in [9.17, 15) is 22.3 Å². The van der Waals surface area contributed by atoms with Gasteiger partial charge in [-0.25, -0.2) is 17.4 Å². The van der Waals surface area contributed by atoms with Crippen molar-refractivity contribution in [2.45, 2.75) is 43.0 Å². The maximum Gasteiger partial charge on any atom is 0.264 e. The van der Waals surface area contributed by atoms with E-state index >= 15 is 0 Å². The van der Waals surface area contributed by atoms with E-state index in [-0.39, 0.29) is 10.9 Å². The standard InChI is InChI=1S/C27H32ClN3O5S2/c1-18(2)13-22-17-31(21-10-6-5-7-11-21)26-16-25(28)24(15-27(26)38(35,36)30(22)4)20-9-8-12-23(14-20)37(33,34)29-19(3)32/h5-12,14-16,18,22,35-36H,13,17H2,1-4H3,(H,29,32). The number of carbonyl (C=O) groups excluding carboxylic acids is 1. The number of rotatable bonds is 6. The number of amides is 1. The fourth-order valence-corrected chi connectivity index (χ4v) is 7.59. The molecule has 0 bridgehead atoms. The number of benzene rings is 3. The quantitative estimate of drug-likeness (QED) is 0.313. The van der Waals surface area contributed by atoms with Gasteiger partial charge in [0.1, 0.15) is 0 Å². The maximum atomic E-state index is 12.6. The number of nitrogens with zero attached hydrogens (tertiary/aromatic N) is 2. The summed E-state index contributed by atoms with van der Waals surface area (Å²) in [6, 6.07) is 18.9. The molecule has 0 radical (unpaired) electrons. The monoisotopic (exact) mass is 577 g/mol. The van der Waals surface area contributed by atoms with Gasteiger partial charge in [0.25, 0.3) is 10.0 Å². The molecule has 3 aromatic carbocycles. The lowest BCUT2D eigenvalue weighted by Crippen LogP contribution is -2.40. The van der Waals surface area contributed by atoms with Crippen LogP contribution >= 0.6 is 22.4 Å². The van der Waals surface area contributed by atoms with Crippen molar-refractivity contribution in [1.29, 1.82) is 0 Å². The van der Waals surface area contributed by atoms with E-state index in [1.165, 1.54) is 12.1 Å². The molecule has 4 rings (SSSR count). The number of sulfonamides is 1. The van der Waals surface area contributed by atoms with E-state index in [4.69, 9.17) is 11.6 Å². The lowest BCUT2D eigenvalue weighted by Gasteiger charge is -2.43. The molecule has 3 N–H and O–H groups in total. The SMILES string of the molecule is CC(=O)NS(=O)(=O)c1cccc(-c2cc3c(cc2Cl)N(c2ccccc2)CC(CC(C)C)N(C)S3(O)O)c1. The number of likely N-dealkylation sites (N-methyl/N-ethyl adjacent to an activating group) is 1. The third kappa shape index (κ3) is 5.70. The van der Waals surface area contributed by atoms with Gasteiger partial charge in [-0.15, -0.1) is 10.8 Å². The van der Waals surface area contributed by atoms with Gasteiger partial charge in [0.05, 0.1) is 20.5 Å². The van der Waals surface area contributed by atoms with Crippen molar-refractivity contribution >= 4 is 49.7 Å². The zero-order chi connectivity index (χ0) is 27.8. The molecule has 0 saturated heterocycles. The smallest absolute Gasteiger partial charge is 0.264 e. The predicted octanol–water partition coefficient (Wildman–Crippen LogP) is 6.35. The Morgan fingerprint density at radius 1 is 1.11 bits per heavy atom. The number of carbonyl (C=O) groups is 1. The topological polar surface area (TPSA) is 110 Å². The summed E-state index contributed by atoms with van der Waals surface area (Å²) in [4.78, 5) is 13.6. The Kier molecular flexibility index (Phi) is 8.13. The minimum atomic E-state index is -4.07. The second kappa shape index (κ2) is 10.9. The van der Waals surface area contributed by atoms with E-state index in [2.05, 4.69) is 13.8 Å². The molecule has 0 aliphatic carbocycles. The summed E-state index contributed by atoms with van der Waals surface area (Å²) in [5.41, 5.74) is 2.36. The van der Waals surface area contributed by atoms with Gasteiger partial charge in [-0.2, -0.15) is 0 Å². The van der Waals surface area contributed by atoms with Crippen LogP contribution in [0.1, 0.15) is 27.2 Å². The number of nitrogens with one attached hydrogen (secondary N) is 1. The zero-order valence-electron chi connectivity index (χ0n) is 21.6. The molecule has 8 nitrogen and oxygen atoms in total. The molecule has 204 valence electrons. The van der Waals surface area contributed by atoms with Crippen molar-refractivity contribution in [2.75, 3.05) is 18.5 Å². The molecule has 3 aromatic rings. The van der Waals surface area contributed by atoms with Crippen molar-refractivity contribution in [1.82, 2.24) is 9.03 Å². The van der Waals surface area contributed by atoms with Crippen LogP contribution in [0, 0.1) is 5.92 Å². The predicted molar refractivity (Wildman–Crippen MR) is 153 cm³/mol.